The van der Waals surface area contributed by atoms with E-state index in [2.05, 4.69) is 12.2 Å². The van der Waals surface area contributed by atoms with Gasteiger partial charge in [-0.25, -0.2) is 0 Å². The summed E-state index contributed by atoms with van der Waals surface area (Å²) in [7, 11) is 0. The van der Waals surface area contributed by atoms with Gasteiger partial charge in [0.05, 0.1) is 0 Å². The highest BCUT2D eigenvalue weighted by molar-refractivity contribution is 4.92. The smallest absolute Gasteiger partial charge is 0.0278 e. The second kappa shape index (κ2) is 3.58. The molecule has 0 radical (unpaired) electrons. The lowest BCUT2D eigenvalue weighted by atomic mass is 9.94. The summed E-state index contributed by atoms with van der Waals surface area (Å²) in [6, 6.07) is 0. The summed E-state index contributed by atoms with van der Waals surface area (Å²) in [6.07, 6.45) is 7.01. The van der Waals surface area contributed by atoms with Crippen molar-refractivity contribution in [3.63, 3.8) is 0 Å². The van der Waals surface area contributed by atoms with Crippen LogP contribution in [0.15, 0.2) is 0 Å². The Morgan fingerprint density at radius 2 is 1.85 bits per heavy atom. The van der Waals surface area contributed by atoms with Crippen LogP contribution >= 0.6 is 0 Å². The van der Waals surface area contributed by atoms with Crippen LogP contribution in [0.4, 0.5) is 0 Å². The first-order valence-electron chi connectivity index (χ1n) is 5.67. The molecule has 2 nitrogen and oxygen atoms in total. The standard InChI is InChI=1S/C11H22N2/c1-11(8-12,6-9-2-3-9)13-7-10-4-5-10/h9-10,13H,2-8,12H2,1H3. The number of nitrogens with one attached hydrogen (secondary N) is 1. The second-order valence-corrected chi connectivity index (χ2v) is 5.24. The van der Waals surface area contributed by atoms with Crippen molar-refractivity contribution in [2.45, 2.75) is 44.6 Å². The zero-order valence-corrected chi connectivity index (χ0v) is 8.68. The Labute approximate surface area is 81.3 Å². The molecule has 0 heterocycles. The van der Waals surface area contributed by atoms with Crippen LogP contribution in [-0.4, -0.2) is 18.6 Å². The minimum Gasteiger partial charge on any atom is -0.329 e. The van der Waals surface area contributed by atoms with Crippen LogP contribution in [0.1, 0.15) is 39.0 Å². The molecular formula is C11H22N2. The van der Waals surface area contributed by atoms with Crippen LogP contribution in [0.5, 0.6) is 0 Å². The molecule has 2 rings (SSSR count). The number of hydrogen-bond acceptors (Lipinski definition) is 2. The molecule has 2 heteroatoms. The van der Waals surface area contributed by atoms with Crippen molar-refractivity contribution < 1.29 is 0 Å². The third kappa shape index (κ3) is 2.96. The van der Waals surface area contributed by atoms with E-state index >= 15 is 0 Å². The molecule has 0 amide bonds. The van der Waals surface area contributed by atoms with Crippen molar-refractivity contribution in [1.82, 2.24) is 5.32 Å². The molecule has 0 aliphatic heterocycles. The lowest BCUT2D eigenvalue weighted by Gasteiger charge is -2.29. The van der Waals surface area contributed by atoms with Gasteiger partial charge in [-0.15, -0.1) is 0 Å². The first-order chi connectivity index (χ1) is 6.22. The van der Waals surface area contributed by atoms with E-state index in [1.165, 1.54) is 38.6 Å². The molecule has 13 heavy (non-hydrogen) atoms. The molecule has 1 atom stereocenters. The number of hydrogen-bond donors (Lipinski definition) is 2. The SMILES string of the molecule is CC(CN)(CC1CC1)NCC1CC1. The van der Waals surface area contributed by atoms with E-state index in [1.807, 2.05) is 0 Å². The molecule has 0 saturated heterocycles. The molecule has 1 unspecified atom stereocenters. The van der Waals surface area contributed by atoms with E-state index in [-0.39, 0.29) is 5.54 Å². The fourth-order valence-corrected chi connectivity index (χ4v) is 1.90. The first kappa shape index (κ1) is 9.47. The summed E-state index contributed by atoms with van der Waals surface area (Å²) in [6.45, 7) is 4.27. The highest BCUT2D eigenvalue weighted by Gasteiger charge is 2.33. The van der Waals surface area contributed by atoms with Crippen molar-refractivity contribution in [1.29, 1.82) is 0 Å². The van der Waals surface area contributed by atoms with Gasteiger partial charge in [0.1, 0.15) is 0 Å². The topological polar surface area (TPSA) is 38.0 Å². The van der Waals surface area contributed by atoms with Gasteiger partial charge in [-0.3, -0.25) is 0 Å². The zero-order valence-electron chi connectivity index (χ0n) is 8.68. The second-order valence-electron chi connectivity index (χ2n) is 5.24. The van der Waals surface area contributed by atoms with Crippen LogP contribution in [0.25, 0.3) is 0 Å². The van der Waals surface area contributed by atoms with Crippen LogP contribution < -0.4 is 11.1 Å². The third-order valence-corrected chi connectivity index (χ3v) is 3.40. The largest absolute Gasteiger partial charge is 0.329 e. The molecule has 76 valence electrons. The Kier molecular flexibility index (Phi) is 2.61. The quantitative estimate of drug-likeness (QED) is 0.653. The van der Waals surface area contributed by atoms with E-state index in [9.17, 15) is 0 Å². The maximum Gasteiger partial charge on any atom is 0.0278 e. The summed E-state index contributed by atoms with van der Waals surface area (Å²) in [4.78, 5) is 0. The molecular weight excluding hydrogens is 160 g/mol. The molecule has 2 aliphatic rings. The molecule has 2 fully saturated rings. The predicted molar refractivity (Wildman–Crippen MR) is 55.5 cm³/mol. The van der Waals surface area contributed by atoms with Crippen molar-refractivity contribution in [3.8, 4) is 0 Å². The van der Waals surface area contributed by atoms with E-state index in [1.54, 1.807) is 0 Å². The summed E-state index contributed by atoms with van der Waals surface area (Å²) in [5.74, 6) is 1.94. The van der Waals surface area contributed by atoms with Gasteiger partial charge in [0.25, 0.3) is 0 Å². The molecule has 0 aromatic rings. The van der Waals surface area contributed by atoms with Gasteiger partial charge in [0, 0.05) is 12.1 Å². The van der Waals surface area contributed by atoms with Crippen molar-refractivity contribution >= 4 is 0 Å². The molecule has 0 aromatic carbocycles. The summed E-state index contributed by atoms with van der Waals surface area (Å²) < 4.78 is 0. The normalized spacial score (nSPS) is 27.2. The van der Waals surface area contributed by atoms with Gasteiger partial charge in [-0.05, 0) is 44.6 Å². The van der Waals surface area contributed by atoms with Crippen LogP contribution in [0.3, 0.4) is 0 Å². The molecule has 0 aromatic heterocycles. The highest BCUT2D eigenvalue weighted by atomic mass is 15.0. The maximum absolute atomic E-state index is 5.83. The minimum absolute atomic E-state index is 0.226. The van der Waals surface area contributed by atoms with Crippen LogP contribution in [-0.2, 0) is 0 Å². The van der Waals surface area contributed by atoms with Gasteiger partial charge >= 0.3 is 0 Å². The predicted octanol–water partition coefficient (Wildman–Crippen LogP) is 1.50. The van der Waals surface area contributed by atoms with Gasteiger partial charge in [-0.2, -0.15) is 0 Å². The van der Waals surface area contributed by atoms with E-state index < -0.39 is 0 Å². The third-order valence-electron chi connectivity index (χ3n) is 3.40. The number of rotatable bonds is 6. The van der Waals surface area contributed by atoms with E-state index in [0.717, 1.165) is 18.4 Å². The Morgan fingerprint density at radius 1 is 1.23 bits per heavy atom. The molecule has 0 spiro atoms. The Balaban J connectivity index is 1.73. The maximum atomic E-state index is 5.83. The van der Waals surface area contributed by atoms with Crippen LogP contribution in [0.2, 0.25) is 0 Å². The molecule has 2 saturated carbocycles. The molecule has 3 N–H and O–H groups in total. The summed E-state index contributed by atoms with van der Waals surface area (Å²) >= 11 is 0. The van der Waals surface area contributed by atoms with Gasteiger partial charge in [0.2, 0.25) is 0 Å². The molecule has 0 bridgehead atoms. The molecule has 2 aliphatic carbocycles. The Bertz CT molecular complexity index is 173. The first-order valence-corrected chi connectivity index (χ1v) is 5.67. The van der Waals surface area contributed by atoms with Gasteiger partial charge in [0.15, 0.2) is 0 Å². The minimum atomic E-state index is 0.226. The Morgan fingerprint density at radius 3 is 2.31 bits per heavy atom. The summed E-state index contributed by atoms with van der Waals surface area (Å²) in [5, 5.41) is 3.65. The van der Waals surface area contributed by atoms with Crippen molar-refractivity contribution in [2.75, 3.05) is 13.1 Å². The highest BCUT2D eigenvalue weighted by Crippen LogP contribution is 2.37. The van der Waals surface area contributed by atoms with Crippen molar-refractivity contribution in [3.05, 3.63) is 0 Å². The number of nitrogens with two attached hydrogens (primary N) is 1. The lowest BCUT2D eigenvalue weighted by molar-refractivity contribution is 0.318. The van der Waals surface area contributed by atoms with E-state index in [0.29, 0.717) is 0 Å². The van der Waals surface area contributed by atoms with E-state index in [4.69, 9.17) is 5.73 Å². The fraction of sp³-hybridized carbons (Fsp3) is 1.00. The van der Waals surface area contributed by atoms with Gasteiger partial charge in [-0.1, -0.05) is 12.8 Å². The fourth-order valence-electron chi connectivity index (χ4n) is 1.90. The zero-order chi connectivity index (χ0) is 9.31. The van der Waals surface area contributed by atoms with Crippen molar-refractivity contribution in [2.24, 2.45) is 17.6 Å². The Hall–Kier alpha value is -0.0800. The average Bonchev–Trinajstić information content (AvgIpc) is 2.96. The van der Waals surface area contributed by atoms with Gasteiger partial charge < -0.3 is 11.1 Å². The summed E-state index contributed by atoms with van der Waals surface area (Å²) in [5.41, 5.74) is 6.05. The monoisotopic (exact) mass is 182 g/mol. The average molecular weight is 182 g/mol. The van der Waals surface area contributed by atoms with Crippen LogP contribution in [0, 0.1) is 11.8 Å². The lowest BCUT2D eigenvalue weighted by Crippen LogP contribution is -2.49.